The molecule has 2 heterocycles. The summed E-state index contributed by atoms with van der Waals surface area (Å²) in [4.78, 5) is 103. The highest BCUT2D eigenvalue weighted by Crippen LogP contribution is 2.28. The molecule has 2 saturated carbocycles. The molecule has 4 aliphatic rings. The molecule has 11 N–H and O–H groups in total. The van der Waals surface area contributed by atoms with E-state index in [0.717, 1.165) is 19.3 Å². The van der Waals surface area contributed by atoms with E-state index in [9.17, 15) is 38.4 Å². The third-order valence-electron chi connectivity index (χ3n) is 12.3. The molecule has 0 spiro atoms. The van der Waals surface area contributed by atoms with Crippen LogP contribution < -0.4 is 53.6 Å². The normalized spacial score (nSPS) is 27.9. The van der Waals surface area contributed by atoms with Gasteiger partial charge < -0.3 is 53.6 Å². The monoisotopic (exact) mass is 831 g/mol. The summed E-state index contributed by atoms with van der Waals surface area (Å²) in [5.41, 5.74) is 5.26. The number of nitrogens with two attached hydrogens (primary N) is 1. The summed E-state index contributed by atoms with van der Waals surface area (Å²) in [7, 11) is 0. The minimum atomic E-state index is -0.576. The first-order valence-corrected chi connectivity index (χ1v) is 21.8. The van der Waals surface area contributed by atoms with Gasteiger partial charge in [-0.25, -0.2) is 0 Å². The van der Waals surface area contributed by atoms with Crippen molar-refractivity contribution < 1.29 is 38.4 Å². The first-order chi connectivity index (χ1) is 28.1. The van der Waals surface area contributed by atoms with Crippen LogP contribution >= 0.6 is 0 Å². The third-order valence-corrected chi connectivity index (χ3v) is 12.3. The molecular formula is C41H70N10O8. The predicted molar refractivity (Wildman–Crippen MR) is 220 cm³/mol. The lowest BCUT2D eigenvalue weighted by Crippen LogP contribution is -2.53. The van der Waals surface area contributed by atoms with E-state index in [0.29, 0.717) is 64.7 Å². The van der Waals surface area contributed by atoms with Crippen LogP contribution in [0.4, 0.5) is 0 Å². The molecule has 18 nitrogen and oxygen atoms in total. The zero-order chi connectivity index (χ0) is 43.2. The first kappa shape index (κ1) is 47.4. The van der Waals surface area contributed by atoms with Gasteiger partial charge in [0.2, 0.25) is 47.3 Å². The zero-order valence-corrected chi connectivity index (χ0v) is 35.6. The molecule has 2 aliphatic heterocycles. The lowest BCUT2D eigenvalue weighted by atomic mass is 9.94. The van der Waals surface area contributed by atoms with Crippen LogP contribution in [0.1, 0.15) is 98.8 Å². The van der Waals surface area contributed by atoms with Gasteiger partial charge in [-0.05, 0) is 51.4 Å². The van der Waals surface area contributed by atoms with E-state index in [1.54, 1.807) is 6.92 Å². The number of rotatable bonds is 21. The van der Waals surface area contributed by atoms with E-state index in [2.05, 4.69) is 47.9 Å². The second-order valence-electron chi connectivity index (χ2n) is 17.6. The largest absolute Gasteiger partial charge is 0.370 e. The average Bonchev–Trinajstić information content (AvgIpc) is 3.99. The highest BCUT2D eigenvalue weighted by molar-refractivity contribution is 5.87. The maximum atomic E-state index is 13.7. The lowest BCUT2D eigenvalue weighted by molar-refractivity contribution is -0.131. The van der Waals surface area contributed by atoms with Crippen molar-refractivity contribution in [3.8, 4) is 0 Å². The van der Waals surface area contributed by atoms with Crippen LogP contribution in [0.3, 0.4) is 0 Å². The maximum absolute atomic E-state index is 13.7. The Balaban J connectivity index is 1.28. The number of hydrogen-bond donors (Lipinski definition) is 10. The maximum Gasteiger partial charge on any atom is 0.226 e. The van der Waals surface area contributed by atoms with Gasteiger partial charge in [0.05, 0.1) is 47.6 Å². The Bertz CT molecular complexity index is 1510. The van der Waals surface area contributed by atoms with E-state index in [1.807, 2.05) is 20.8 Å². The summed E-state index contributed by atoms with van der Waals surface area (Å²) in [5, 5.41) is 27.1. The molecule has 4 fully saturated rings. The Morgan fingerprint density at radius 1 is 0.610 bits per heavy atom. The molecule has 8 amide bonds. The Hall–Kier alpha value is -4.32. The predicted octanol–water partition coefficient (Wildman–Crippen LogP) is -1.32. The van der Waals surface area contributed by atoms with Crippen LogP contribution in [0.25, 0.3) is 0 Å². The Morgan fingerprint density at radius 2 is 1.12 bits per heavy atom. The minimum Gasteiger partial charge on any atom is -0.370 e. The number of amides is 8. The molecule has 0 aromatic heterocycles. The van der Waals surface area contributed by atoms with Gasteiger partial charge in [0.1, 0.15) is 0 Å². The third kappa shape index (κ3) is 14.1. The molecule has 11 atom stereocenters. The van der Waals surface area contributed by atoms with Crippen LogP contribution in [0, 0.1) is 41.4 Å². The second-order valence-corrected chi connectivity index (χ2v) is 17.6. The van der Waals surface area contributed by atoms with Crippen LogP contribution in [0.15, 0.2) is 0 Å². The van der Waals surface area contributed by atoms with Crippen LogP contribution in [-0.4, -0.2) is 117 Å². The number of primary amides is 1. The lowest BCUT2D eigenvalue weighted by Gasteiger charge is -2.27. The molecule has 59 heavy (non-hydrogen) atoms. The standard InChI is InChI=1S/C41H70N10O8/c1-6-9-25(36(54)50-33-20-44-19-30(33)41(59)51-34-21-43-18-29(34)40(58)47-23(4)15-35(42)53)16-45-39(57)28-11-8-13-32(28)49-37(55)26(14-22(2)3)17-46-38(56)27-10-7-12-31(27)48-24(5)52/h22-23,25-34,43-44H,6-21H2,1-5H3,(H2,42,53)(H,45,57)(H,46,56)(H,47,58)(H,48,52)(H,49,55)(H,50,54)(H,51,59)/t23-,25-,26-,27?,28?,29?,30?,31?,32?,33?,34?/m0/s1. The number of hydrogen-bond acceptors (Lipinski definition) is 10. The van der Waals surface area contributed by atoms with Gasteiger partial charge in [0.15, 0.2) is 0 Å². The fourth-order valence-electron chi connectivity index (χ4n) is 9.20. The summed E-state index contributed by atoms with van der Waals surface area (Å²) in [5.74, 6) is -4.88. The second kappa shape index (κ2) is 22.9. The molecule has 8 unspecified atom stereocenters. The molecule has 0 radical (unpaired) electrons. The van der Waals surface area contributed by atoms with Crippen LogP contribution in [0.2, 0.25) is 0 Å². The van der Waals surface area contributed by atoms with Gasteiger partial charge in [0.25, 0.3) is 0 Å². The Kier molecular flexibility index (Phi) is 18.4. The van der Waals surface area contributed by atoms with E-state index in [1.165, 1.54) is 6.92 Å². The molecular weight excluding hydrogens is 761 g/mol. The van der Waals surface area contributed by atoms with E-state index in [4.69, 9.17) is 5.73 Å². The SMILES string of the molecule is CCC[C@@H](CNC(=O)C1CCCC1NC(=O)[C@H](CNC(=O)C1CCCC1NC(C)=O)CC(C)C)C(=O)NC1CNCC1C(=O)NC1CNCC1C(=O)N[C@@H](C)CC(N)=O. The summed E-state index contributed by atoms with van der Waals surface area (Å²) < 4.78 is 0. The van der Waals surface area contributed by atoms with E-state index < -0.39 is 53.6 Å². The van der Waals surface area contributed by atoms with Crippen molar-refractivity contribution in [3.63, 3.8) is 0 Å². The van der Waals surface area contributed by atoms with Crippen molar-refractivity contribution in [1.82, 2.24) is 47.9 Å². The van der Waals surface area contributed by atoms with Crippen LogP contribution in [0.5, 0.6) is 0 Å². The molecule has 4 rings (SSSR count). The molecule has 0 bridgehead atoms. The topological polar surface area (TPSA) is 271 Å². The number of nitrogens with one attached hydrogen (secondary N) is 9. The van der Waals surface area contributed by atoms with Gasteiger partial charge in [0, 0.05) is 70.7 Å². The Morgan fingerprint density at radius 3 is 1.66 bits per heavy atom. The molecule has 2 saturated heterocycles. The molecule has 0 aromatic carbocycles. The van der Waals surface area contributed by atoms with Gasteiger partial charge in [-0.2, -0.15) is 0 Å². The fourth-order valence-corrected chi connectivity index (χ4v) is 9.20. The summed E-state index contributed by atoms with van der Waals surface area (Å²) >= 11 is 0. The Labute approximate surface area is 348 Å². The van der Waals surface area contributed by atoms with Crippen molar-refractivity contribution in [2.75, 3.05) is 39.3 Å². The average molecular weight is 831 g/mol. The quantitative estimate of drug-likeness (QED) is 0.0652. The summed E-state index contributed by atoms with van der Waals surface area (Å²) in [6.45, 7) is 10.9. The van der Waals surface area contributed by atoms with E-state index in [-0.39, 0.29) is 84.8 Å². The molecule has 332 valence electrons. The summed E-state index contributed by atoms with van der Waals surface area (Å²) in [6.07, 6.45) is 6.02. The van der Waals surface area contributed by atoms with Crippen molar-refractivity contribution in [2.45, 2.75) is 129 Å². The van der Waals surface area contributed by atoms with Gasteiger partial charge in [-0.15, -0.1) is 0 Å². The smallest absolute Gasteiger partial charge is 0.226 e. The zero-order valence-electron chi connectivity index (χ0n) is 35.6. The highest BCUT2D eigenvalue weighted by atomic mass is 16.2. The fraction of sp³-hybridized carbons (Fsp3) is 0.805. The van der Waals surface area contributed by atoms with Crippen molar-refractivity contribution in [2.24, 2.45) is 47.2 Å². The van der Waals surface area contributed by atoms with Crippen molar-refractivity contribution >= 4 is 47.3 Å². The van der Waals surface area contributed by atoms with Crippen LogP contribution in [-0.2, 0) is 38.4 Å². The number of carbonyl (C=O) groups excluding carboxylic acids is 8. The van der Waals surface area contributed by atoms with Gasteiger partial charge in [-0.3, -0.25) is 38.4 Å². The first-order valence-electron chi connectivity index (χ1n) is 21.8. The van der Waals surface area contributed by atoms with Gasteiger partial charge >= 0.3 is 0 Å². The van der Waals surface area contributed by atoms with Gasteiger partial charge in [-0.1, -0.05) is 40.0 Å². The van der Waals surface area contributed by atoms with Crippen molar-refractivity contribution in [3.05, 3.63) is 0 Å². The molecule has 18 heteroatoms. The highest BCUT2D eigenvalue weighted by Gasteiger charge is 2.41. The number of carbonyl (C=O) groups is 8. The molecule has 0 aromatic rings. The van der Waals surface area contributed by atoms with Crippen molar-refractivity contribution in [1.29, 1.82) is 0 Å². The molecule has 2 aliphatic carbocycles. The summed E-state index contributed by atoms with van der Waals surface area (Å²) in [6, 6.07) is -2.00. The van der Waals surface area contributed by atoms with E-state index >= 15 is 0 Å². The minimum absolute atomic E-state index is 0.00761.